The third-order valence-corrected chi connectivity index (χ3v) is 5.01. The highest BCUT2D eigenvalue weighted by Gasteiger charge is 2.17. The number of thioether (sulfide) groups is 1. The summed E-state index contributed by atoms with van der Waals surface area (Å²) in [6, 6.07) is 1.89. The Morgan fingerprint density at radius 1 is 1.48 bits per heavy atom. The van der Waals surface area contributed by atoms with Crippen LogP contribution in [0.3, 0.4) is 0 Å². The smallest absolute Gasteiger partial charge is 0.306 e. The first kappa shape index (κ1) is 18.4. The Morgan fingerprint density at radius 3 is 3.00 bits per heavy atom. The quantitative estimate of drug-likeness (QED) is 0.403. The van der Waals surface area contributed by atoms with E-state index in [9.17, 15) is 4.79 Å². The molecule has 2 heterocycles. The van der Waals surface area contributed by atoms with Gasteiger partial charge in [0.1, 0.15) is 5.82 Å². The van der Waals surface area contributed by atoms with Crippen molar-refractivity contribution >= 4 is 35.1 Å². The number of anilines is 1. The Morgan fingerprint density at radius 2 is 2.26 bits per heavy atom. The van der Waals surface area contributed by atoms with Crippen molar-refractivity contribution in [3.63, 3.8) is 0 Å². The molecule has 128 valence electrons. The van der Waals surface area contributed by atoms with Gasteiger partial charge in [-0.1, -0.05) is 24.9 Å². The van der Waals surface area contributed by atoms with E-state index in [0.717, 1.165) is 36.6 Å². The molecule has 0 aromatic carbocycles. The number of esters is 1. The van der Waals surface area contributed by atoms with Crippen molar-refractivity contribution in [1.29, 1.82) is 0 Å². The van der Waals surface area contributed by atoms with E-state index >= 15 is 0 Å². The molecule has 0 N–H and O–H groups in total. The molecule has 1 saturated heterocycles. The summed E-state index contributed by atoms with van der Waals surface area (Å²) in [5.41, 5.74) is 0. The van der Waals surface area contributed by atoms with E-state index in [1.165, 1.54) is 0 Å². The molecule has 1 aliphatic heterocycles. The van der Waals surface area contributed by atoms with Crippen LogP contribution in [0.25, 0.3) is 0 Å². The van der Waals surface area contributed by atoms with Crippen LogP contribution in [0.1, 0.15) is 26.2 Å². The number of carbonyl (C=O) groups excluding carboxylic acids is 1. The minimum absolute atomic E-state index is 0.149. The lowest BCUT2D eigenvalue weighted by Gasteiger charge is -2.28. The van der Waals surface area contributed by atoms with E-state index in [4.69, 9.17) is 21.1 Å². The average molecular weight is 359 g/mol. The third-order valence-electron chi connectivity index (χ3n) is 3.47. The van der Waals surface area contributed by atoms with Gasteiger partial charge >= 0.3 is 5.97 Å². The van der Waals surface area contributed by atoms with Crippen molar-refractivity contribution in [2.45, 2.75) is 31.1 Å². The maximum atomic E-state index is 11.6. The number of ether oxygens (including phenoxy) is 2. The largest absolute Gasteiger partial charge is 0.466 e. The predicted octanol–water partition coefficient (Wildman–Crippen LogP) is 3.40. The molecular weight excluding hydrogens is 336 g/mol. The number of pyridine rings is 1. The van der Waals surface area contributed by atoms with Crippen LogP contribution < -0.4 is 4.90 Å². The summed E-state index contributed by atoms with van der Waals surface area (Å²) >= 11 is 8.04. The van der Waals surface area contributed by atoms with E-state index < -0.39 is 0 Å². The van der Waals surface area contributed by atoms with Crippen molar-refractivity contribution in [2.75, 3.05) is 43.6 Å². The molecule has 7 heteroatoms. The van der Waals surface area contributed by atoms with Gasteiger partial charge in [-0.25, -0.2) is 4.98 Å². The lowest BCUT2D eigenvalue weighted by atomic mass is 10.3. The molecule has 2 rings (SSSR count). The summed E-state index contributed by atoms with van der Waals surface area (Å²) in [4.78, 5) is 19.1. The topological polar surface area (TPSA) is 51.7 Å². The van der Waals surface area contributed by atoms with E-state index in [1.807, 2.05) is 6.07 Å². The Bertz CT molecular complexity index is 510. The molecule has 0 atom stereocenters. The second-order valence-corrected chi connectivity index (χ2v) is 6.73. The first-order valence-electron chi connectivity index (χ1n) is 7.98. The molecule has 0 saturated carbocycles. The third kappa shape index (κ3) is 5.86. The van der Waals surface area contributed by atoms with Gasteiger partial charge in [-0.15, -0.1) is 11.8 Å². The second-order valence-electron chi connectivity index (χ2n) is 5.22. The molecule has 1 fully saturated rings. The van der Waals surface area contributed by atoms with E-state index in [2.05, 4.69) is 16.8 Å². The van der Waals surface area contributed by atoms with Crippen molar-refractivity contribution < 1.29 is 14.3 Å². The zero-order valence-corrected chi connectivity index (χ0v) is 15.0. The molecule has 0 spiro atoms. The summed E-state index contributed by atoms with van der Waals surface area (Å²) in [5, 5.41) is 0.652. The van der Waals surface area contributed by atoms with Crippen LogP contribution >= 0.6 is 23.4 Å². The molecule has 0 unspecified atom stereocenters. The number of halogens is 1. The minimum atomic E-state index is -0.149. The highest BCUT2D eigenvalue weighted by molar-refractivity contribution is 7.99. The Kier molecular flexibility index (Phi) is 7.99. The fourth-order valence-corrected chi connectivity index (χ4v) is 3.43. The molecule has 23 heavy (non-hydrogen) atoms. The van der Waals surface area contributed by atoms with E-state index in [0.29, 0.717) is 37.0 Å². The number of unbranched alkanes of at least 4 members (excludes halogenated alkanes) is 1. The van der Waals surface area contributed by atoms with Gasteiger partial charge < -0.3 is 14.4 Å². The number of aromatic nitrogens is 1. The molecule has 0 aliphatic carbocycles. The van der Waals surface area contributed by atoms with Crippen LogP contribution in [0.15, 0.2) is 17.2 Å². The Labute approximate surface area is 146 Å². The molecule has 5 nitrogen and oxygen atoms in total. The van der Waals surface area contributed by atoms with Crippen LogP contribution in [0, 0.1) is 0 Å². The van der Waals surface area contributed by atoms with E-state index in [-0.39, 0.29) is 5.97 Å². The summed E-state index contributed by atoms with van der Waals surface area (Å²) < 4.78 is 10.5. The standard InChI is InChI=1S/C16H23ClN2O3S/c1-2-3-9-22-14(20)5-12-23-13-4-6-18-16(15(13)17)19-7-10-21-11-8-19/h4,6H,2-3,5,7-12H2,1H3. The molecule has 0 radical (unpaired) electrons. The minimum Gasteiger partial charge on any atom is -0.466 e. The maximum absolute atomic E-state index is 11.6. The van der Waals surface area contributed by atoms with Gasteiger partial charge in [-0.2, -0.15) is 0 Å². The second kappa shape index (κ2) is 10.0. The zero-order valence-electron chi connectivity index (χ0n) is 13.4. The van der Waals surface area contributed by atoms with E-state index in [1.54, 1.807) is 18.0 Å². The molecule has 1 aromatic heterocycles. The number of hydrogen-bond acceptors (Lipinski definition) is 6. The first-order chi connectivity index (χ1) is 11.2. The predicted molar refractivity (Wildman–Crippen MR) is 93.5 cm³/mol. The van der Waals surface area contributed by atoms with Gasteiger partial charge in [0.15, 0.2) is 0 Å². The van der Waals surface area contributed by atoms with Gasteiger partial charge in [0.05, 0.1) is 31.3 Å². The molecule has 0 bridgehead atoms. The monoisotopic (exact) mass is 358 g/mol. The summed E-state index contributed by atoms with van der Waals surface area (Å²) in [5.74, 6) is 1.30. The molecule has 0 amide bonds. The number of carbonyl (C=O) groups is 1. The van der Waals surface area contributed by atoms with Gasteiger partial charge in [0, 0.05) is 29.9 Å². The van der Waals surface area contributed by atoms with Gasteiger partial charge in [-0.05, 0) is 12.5 Å². The van der Waals surface area contributed by atoms with Crippen molar-refractivity contribution in [3.05, 3.63) is 17.3 Å². The summed E-state index contributed by atoms with van der Waals surface area (Å²) in [6.45, 7) is 5.56. The number of nitrogens with zero attached hydrogens (tertiary/aromatic N) is 2. The summed E-state index contributed by atoms with van der Waals surface area (Å²) in [7, 11) is 0. The van der Waals surface area contributed by atoms with Gasteiger partial charge in [-0.3, -0.25) is 4.79 Å². The SMILES string of the molecule is CCCCOC(=O)CCSc1ccnc(N2CCOCC2)c1Cl. The Balaban J connectivity index is 1.84. The number of hydrogen-bond donors (Lipinski definition) is 0. The van der Waals surface area contributed by atoms with Crippen molar-refractivity contribution in [1.82, 2.24) is 4.98 Å². The fourth-order valence-electron chi connectivity index (χ4n) is 2.17. The summed E-state index contributed by atoms with van der Waals surface area (Å²) in [6.07, 6.45) is 4.09. The van der Waals surface area contributed by atoms with Crippen LogP contribution in [-0.4, -0.2) is 49.6 Å². The van der Waals surface area contributed by atoms with Gasteiger partial charge in [0.25, 0.3) is 0 Å². The van der Waals surface area contributed by atoms with Crippen LogP contribution in [0.2, 0.25) is 5.02 Å². The van der Waals surface area contributed by atoms with Crippen molar-refractivity contribution in [2.24, 2.45) is 0 Å². The maximum Gasteiger partial charge on any atom is 0.306 e. The van der Waals surface area contributed by atoms with Gasteiger partial charge in [0.2, 0.25) is 0 Å². The average Bonchev–Trinajstić information content (AvgIpc) is 2.57. The van der Waals surface area contributed by atoms with Crippen LogP contribution in [0.5, 0.6) is 0 Å². The van der Waals surface area contributed by atoms with Crippen molar-refractivity contribution in [3.8, 4) is 0 Å². The normalized spacial score (nSPS) is 14.8. The Hall–Kier alpha value is -0.980. The highest BCUT2D eigenvalue weighted by Crippen LogP contribution is 2.34. The van der Waals surface area contributed by atoms with Crippen LogP contribution in [0.4, 0.5) is 5.82 Å². The number of rotatable bonds is 8. The molecular formula is C16H23ClN2O3S. The highest BCUT2D eigenvalue weighted by atomic mass is 35.5. The lowest BCUT2D eigenvalue weighted by Crippen LogP contribution is -2.37. The molecule has 1 aliphatic rings. The first-order valence-corrected chi connectivity index (χ1v) is 9.34. The zero-order chi connectivity index (χ0) is 16.5. The molecule has 1 aromatic rings. The fraction of sp³-hybridized carbons (Fsp3) is 0.625. The lowest BCUT2D eigenvalue weighted by molar-refractivity contribution is -0.143. The number of morpholine rings is 1. The van der Waals surface area contributed by atoms with Crippen LogP contribution in [-0.2, 0) is 14.3 Å².